The normalized spacial score (nSPS) is 33.6. The fourth-order valence-electron chi connectivity index (χ4n) is 8.17. The smallest absolute Gasteiger partial charge is 0.224 e. The highest BCUT2D eigenvalue weighted by Gasteiger charge is 2.55. The van der Waals surface area contributed by atoms with E-state index < -0.39 is 0 Å². The van der Waals surface area contributed by atoms with E-state index in [0.29, 0.717) is 40.9 Å². The second-order valence-corrected chi connectivity index (χ2v) is 12.9. The van der Waals surface area contributed by atoms with Gasteiger partial charge in [-0.05, 0) is 105 Å². The molecule has 3 unspecified atom stereocenters. The first-order valence-corrected chi connectivity index (χ1v) is 14.8. The van der Waals surface area contributed by atoms with Crippen LogP contribution < -0.4 is 16.0 Å². The van der Waals surface area contributed by atoms with Crippen molar-refractivity contribution in [1.82, 2.24) is 15.3 Å². The molecule has 0 radical (unpaired) electrons. The first kappa shape index (κ1) is 25.9. The van der Waals surface area contributed by atoms with E-state index in [2.05, 4.69) is 32.0 Å². The van der Waals surface area contributed by atoms with Gasteiger partial charge in [0.15, 0.2) is 0 Å². The SMILES string of the molecule is N#Cc1cnc(NCc2ccccc2Cl)nc1NCC12CC3C[C@H](C1)C(NCC1CCC(O)CC1)[C@@H](C3)C2. The molecule has 0 amide bonds. The number of halogens is 1. The van der Waals surface area contributed by atoms with Crippen molar-refractivity contribution in [2.75, 3.05) is 23.7 Å². The molecule has 0 saturated heterocycles. The van der Waals surface area contributed by atoms with Crippen LogP contribution in [0.3, 0.4) is 0 Å². The Kier molecular flexibility index (Phi) is 7.48. The lowest BCUT2D eigenvalue weighted by molar-refractivity contribution is -0.0704. The molecular weight excluding hydrogens is 496 g/mol. The molecule has 4 N–H and O–H groups in total. The molecule has 7 rings (SSSR count). The molecule has 5 aliphatic carbocycles. The number of hydrogen-bond acceptors (Lipinski definition) is 7. The molecule has 0 aliphatic heterocycles. The van der Waals surface area contributed by atoms with Crippen LogP contribution in [-0.4, -0.2) is 40.3 Å². The Bertz CT molecular complexity index is 1160. The maximum Gasteiger partial charge on any atom is 0.224 e. The van der Waals surface area contributed by atoms with Crippen LogP contribution in [0.1, 0.15) is 68.9 Å². The van der Waals surface area contributed by atoms with Crippen molar-refractivity contribution >= 4 is 23.4 Å². The van der Waals surface area contributed by atoms with Gasteiger partial charge in [0.25, 0.3) is 0 Å². The molecule has 1 aromatic heterocycles. The zero-order valence-electron chi connectivity index (χ0n) is 22.0. The molecule has 2 aromatic rings. The second-order valence-electron chi connectivity index (χ2n) is 12.4. The number of anilines is 2. The minimum atomic E-state index is -0.0783. The molecule has 7 nitrogen and oxygen atoms in total. The molecule has 5 aliphatic rings. The van der Waals surface area contributed by atoms with E-state index in [4.69, 9.17) is 11.6 Å². The van der Waals surface area contributed by atoms with E-state index in [9.17, 15) is 10.4 Å². The predicted molar refractivity (Wildman–Crippen MR) is 150 cm³/mol. The van der Waals surface area contributed by atoms with Crippen molar-refractivity contribution in [2.24, 2.45) is 29.1 Å². The minimum absolute atomic E-state index is 0.0783. The van der Waals surface area contributed by atoms with E-state index >= 15 is 0 Å². The number of nitrogens with one attached hydrogen (secondary N) is 3. The van der Waals surface area contributed by atoms with Gasteiger partial charge in [-0.3, -0.25) is 0 Å². The Labute approximate surface area is 230 Å². The van der Waals surface area contributed by atoms with E-state index in [1.165, 1.54) is 32.1 Å². The van der Waals surface area contributed by atoms with Gasteiger partial charge in [0.05, 0.1) is 12.3 Å². The summed E-state index contributed by atoms with van der Waals surface area (Å²) in [7, 11) is 0. The molecule has 38 heavy (non-hydrogen) atoms. The number of hydrogen-bond donors (Lipinski definition) is 4. The Morgan fingerprint density at radius 3 is 2.55 bits per heavy atom. The van der Waals surface area contributed by atoms with Crippen LogP contribution >= 0.6 is 11.6 Å². The van der Waals surface area contributed by atoms with Gasteiger partial charge < -0.3 is 21.1 Å². The van der Waals surface area contributed by atoms with Gasteiger partial charge in [0.1, 0.15) is 17.5 Å². The van der Waals surface area contributed by atoms with Crippen molar-refractivity contribution in [3.05, 3.63) is 46.6 Å². The van der Waals surface area contributed by atoms with Crippen LogP contribution in [0.2, 0.25) is 5.02 Å². The third-order valence-electron chi connectivity index (χ3n) is 9.79. The monoisotopic (exact) mass is 534 g/mol. The number of rotatable bonds is 9. The third kappa shape index (κ3) is 5.50. The van der Waals surface area contributed by atoms with E-state index in [1.54, 1.807) is 6.20 Å². The zero-order valence-corrected chi connectivity index (χ0v) is 22.8. The largest absolute Gasteiger partial charge is 0.393 e. The van der Waals surface area contributed by atoms with Gasteiger partial charge in [0, 0.05) is 24.2 Å². The average molecular weight is 535 g/mol. The first-order valence-electron chi connectivity index (χ1n) is 14.4. The lowest BCUT2D eigenvalue weighted by atomic mass is 9.48. The van der Waals surface area contributed by atoms with Gasteiger partial charge in [-0.2, -0.15) is 10.2 Å². The maximum absolute atomic E-state index is 9.84. The summed E-state index contributed by atoms with van der Waals surface area (Å²) in [6.07, 6.45) is 12.3. The van der Waals surface area contributed by atoms with Crippen LogP contribution in [-0.2, 0) is 6.54 Å². The summed E-state index contributed by atoms with van der Waals surface area (Å²) in [5, 5.41) is 31.1. The standard InChI is InChI=1S/C30H39ClN6O/c31-26-4-2-1-3-21(26)16-34-29-35-17-24(14-32)28(37-29)36-18-30-11-20-9-22(12-30)27(23(10-20)13-30)33-15-19-5-7-25(38)8-6-19/h1-4,17,19-20,22-23,25,27,33,38H,5-13,15-16,18H2,(H2,34,35,36,37)/t19?,20?,22-,23+,25?,27?,30?. The molecule has 0 spiro atoms. The van der Waals surface area contributed by atoms with Crippen LogP contribution in [0.15, 0.2) is 30.5 Å². The van der Waals surface area contributed by atoms with Crippen LogP contribution in [0.25, 0.3) is 0 Å². The summed E-state index contributed by atoms with van der Waals surface area (Å²) in [6.45, 7) is 2.49. The summed E-state index contributed by atoms with van der Waals surface area (Å²) in [5.41, 5.74) is 1.75. The molecule has 4 bridgehead atoms. The Morgan fingerprint density at radius 2 is 1.82 bits per heavy atom. The van der Waals surface area contributed by atoms with Crippen molar-refractivity contribution < 1.29 is 5.11 Å². The summed E-state index contributed by atoms with van der Waals surface area (Å²) in [5.74, 6) is 4.14. The second kappa shape index (κ2) is 11.0. The molecule has 1 aromatic carbocycles. The van der Waals surface area contributed by atoms with Gasteiger partial charge in [-0.1, -0.05) is 29.8 Å². The highest BCUT2D eigenvalue weighted by molar-refractivity contribution is 6.31. The number of aliphatic hydroxyl groups excluding tert-OH is 1. The fraction of sp³-hybridized carbons (Fsp3) is 0.633. The van der Waals surface area contributed by atoms with E-state index in [0.717, 1.165) is 62.1 Å². The zero-order chi connectivity index (χ0) is 26.1. The summed E-state index contributed by atoms with van der Waals surface area (Å²) in [6, 6.07) is 10.6. The minimum Gasteiger partial charge on any atom is -0.393 e. The molecule has 8 heteroatoms. The Hall–Kier alpha value is -2.40. The summed E-state index contributed by atoms with van der Waals surface area (Å²) in [4.78, 5) is 9.03. The molecule has 1 heterocycles. The summed E-state index contributed by atoms with van der Waals surface area (Å²) < 4.78 is 0. The summed E-state index contributed by atoms with van der Waals surface area (Å²) >= 11 is 6.29. The number of aromatic nitrogens is 2. The quantitative estimate of drug-likeness (QED) is 0.343. The Balaban J connectivity index is 1.08. The lowest BCUT2D eigenvalue weighted by Crippen LogP contribution is -2.60. The predicted octanol–water partition coefficient (Wildman–Crippen LogP) is 5.36. The molecule has 5 atom stereocenters. The maximum atomic E-state index is 9.84. The van der Waals surface area contributed by atoms with Crippen LogP contribution in [0, 0.1) is 40.4 Å². The van der Waals surface area contributed by atoms with Crippen LogP contribution in [0.5, 0.6) is 0 Å². The third-order valence-corrected chi connectivity index (χ3v) is 10.2. The van der Waals surface area contributed by atoms with Crippen LogP contribution in [0.4, 0.5) is 11.8 Å². The fourth-order valence-corrected chi connectivity index (χ4v) is 8.37. The molecule has 5 saturated carbocycles. The van der Waals surface area contributed by atoms with Crippen molar-refractivity contribution in [1.29, 1.82) is 5.26 Å². The van der Waals surface area contributed by atoms with E-state index in [1.807, 2.05) is 24.3 Å². The Morgan fingerprint density at radius 1 is 1.05 bits per heavy atom. The lowest BCUT2D eigenvalue weighted by Gasteiger charge is -2.60. The van der Waals surface area contributed by atoms with Gasteiger partial charge >= 0.3 is 0 Å². The van der Waals surface area contributed by atoms with Gasteiger partial charge in [-0.25, -0.2) is 4.98 Å². The topological polar surface area (TPSA) is 106 Å². The van der Waals surface area contributed by atoms with Crippen molar-refractivity contribution in [2.45, 2.75) is 76.5 Å². The average Bonchev–Trinajstić information content (AvgIpc) is 2.92. The van der Waals surface area contributed by atoms with Crippen molar-refractivity contribution in [3.63, 3.8) is 0 Å². The first-order chi connectivity index (χ1) is 18.5. The van der Waals surface area contributed by atoms with Gasteiger partial charge in [-0.15, -0.1) is 0 Å². The highest BCUT2D eigenvalue weighted by atomic mass is 35.5. The number of benzene rings is 1. The number of aliphatic hydroxyl groups is 1. The van der Waals surface area contributed by atoms with Crippen molar-refractivity contribution in [3.8, 4) is 6.07 Å². The number of nitriles is 1. The highest BCUT2D eigenvalue weighted by Crippen LogP contribution is 2.60. The molecule has 5 fully saturated rings. The number of nitrogens with zero attached hydrogens (tertiary/aromatic N) is 3. The van der Waals surface area contributed by atoms with E-state index in [-0.39, 0.29) is 11.5 Å². The molecule has 202 valence electrons. The molecular formula is C30H39ClN6O. The van der Waals surface area contributed by atoms with Gasteiger partial charge in [0.2, 0.25) is 5.95 Å².